The van der Waals surface area contributed by atoms with E-state index in [0.717, 1.165) is 27.8 Å². The third kappa shape index (κ3) is 7.17. The van der Waals surface area contributed by atoms with Crippen LogP contribution in [0.4, 0.5) is 4.79 Å². The first-order chi connectivity index (χ1) is 16.1. The monoisotopic (exact) mass is 460 g/mol. The molecule has 6 nitrogen and oxygen atoms in total. The number of rotatable bonds is 7. The number of ether oxygens (including phenoxy) is 2. The van der Waals surface area contributed by atoms with E-state index in [0.29, 0.717) is 5.56 Å². The summed E-state index contributed by atoms with van der Waals surface area (Å²) in [4.78, 5) is 29.7. The predicted octanol–water partition coefficient (Wildman–Crippen LogP) is 6.06. The molecular weight excluding hydrogens is 428 g/mol. The van der Waals surface area contributed by atoms with Crippen LogP contribution in [0.2, 0.25) is 0 Å². The summed E-state index contributed by atoms with van der Waals surface area (Å²) in [7, 11) is 0. The van der Waals surface area contributed by atoms with E-state index < -0.39 is 23.7 Å². The van der Waals surface area contributed by atoms with Gasteiger partial charge in [-0.15, -0.1) is 0 Å². The van der Waals surface area contributed by atoms with Gasteiger partial charge >= 0.3 is 12.1 Å². The van der Waals surface area contributed by atoms with E-state index in [1.165, 1.54) is 0 Å². The van der Waals surface area contributed by atoms with Crippen LogP contribution in [-0.2, 0) is 20.9 Å². The highest BCUT2D eigenvalue weighted by Crippen LogP contribution is 2.29. The molecule has 2 aromatic carbocycles. The van der Waals surface area contributed by atoms with Gasteiger partial charge in [0.1, 0.15) is 12.2 Å². The molecule has 1 amide bonds. The van der Waals surface area contributed by atoms with E-state index >= 15 is 0 Å². The van der Waals surface area contributed by atoms with Crippen molar-refractivity contribution in [2.75, 3.05) is 0 Å². The highest BCUT2D eigenvalue weighted by Gasteiger charge is 2.24. The van der Waals surface area contributed by atoms with Crippen LogP contribution in [0.15, 0.2) is 67.0 Å². The van der Waals surface area contributed by atoms with Crippen LogP contribution in [0.5, 0.6) is 0 Å². The van der Waals surface area contributed by atoms with Gasteiger partial charge in [-0.3, -0.25) is 9.78 Å². The molecule has 0 bridgehead atoms. The van der Waals surface area contributed by atoms with Crippen molar-refractivity contribution in [3.05, 3.63) is 89.2 Å². The molecule has 0 aliphatic heterocycles. The molecule has 1 N–H and O–H groups in total. The van der Waals surface area contributed by atoms with Crippen LogP contribution in [0.25, 0.3) is 11.1 Å². The summed E-state index contributed by atoms with van der Waals surface area (Å²) < 4.78 is 10.9. The fraction of sp³-hybridized carbons (Fsp3) is 0.321. The smallest absolute Gasteiger partial charge is 0.408 e. The molecule has 0 saturated heterocycles. The molecule has 6 heteroatoms. The van der Waals surface area contributed by atoms with Crippen LogP contribution < -0.4 is 5.32 Å². The zero-order valence-corrected chi connectivity index (χ0v) is 20.4. The van der Waals surface area contributed by atoms with E-state index in [2.05, 4.69) is 10.3 Å². The largest absolute Gasteiger partial charge is 0.461 e. The predicted molar refractivity (Wildman–Crippen MR) is 132 cm³/mol. The number of nitrogens with zero attached hydrogens (tertiary/aromatic N) is 1. The first kappa shape index (κ1) is 25.0. The van der Waals surface area contributed by atoms with Gasteiger partial charge in [0.25, 0.3) is 0 Å². The van der Waals surface area contributed by atoms with Crippen molar-refractivity contribution < 1.29 is 19.1 Å². The molecule has 0 fully saturated rings. The van der Waals surface area contributed by atoms with Crippen molar-refractivity contribution in [1.29, 1.82) is 0 Å². The van der Waals surface area contributed by atoms with Crippen molar-refractivity contribution in [2.24, 2.45) is 0 Å². The third-order valence-electron chi connectivity index (χ3n) is 5.24. The van der Waals surface area contributed by atoms with Gasteiger partial charge in [0.05, 0.1) is 12.5 Å². The number of alkyl carbamates (subject to hydrolysis) is 1. The number of benzene rings is 2. The molecule has 1 atom stereocenters. The number of aromatic nitrogens is 1. The van der Waals surface area contributed by atoms with Crippen LogP contribution in [0, 0.1) is 13.8 Å². The number of amides is 1. The SMILES string of the molecule is Cc1cccc(C)c1-c1cncc([C@@H](CC(=O)OCc2ccccc2)NC(=O)OC(C)(C)C)c1. The molecule has 0 aliphatic rings. The zero-order valence-electron chi connectivity index (χ0n) is 20.4. The second-order valence-corrected chi connectivity index (χ2v) is 9.32. The van der Waals surface area contributed by atoms with Crippen molar-refractivity contribution in [3.63, 3.8) is 0 Å². The summed E-state index contributed by atoms with van der Waals surface area (Å²) in [6.07, 6.45) is 2.79. The Labute approximate surface area is 201 Å². The van der Waals surface area contributed by atoms with Crippen molar-refractivity contribution in [2.45, 2.75) is 59.3 Å². The van der Waals surface area contributed by atoms with Gasteiger partial charge in [0.15, 0.2) is 0 Å². The minimum Gasteiger partial charge on any atom is -0.461 e. The highest BCUT2D eigenvalue weighted by molar-refractivity contribution is 5.75. The average Bonchev–Trinajstić information content (AvgIpc) is 2.77. The normalized spacial score (nSPS) is 12.0. The number of hydrogen-bond donors (Lipinski definition) is 1. The number of hydrogen-bond acceptors (Lipinski definition) is 5. The van der Waals surface area contributed by atoms with Crippen molar-refractivity contribution in [3.8, 4) is 11.1 Å². The Morgan fingerprint density at radius 1 is 0.971 bits per heavy atom. The minimum absolute atomic E-state index is 0.0516. The Kier molecular flexibility index (Phi) is 8.05. The minimum atomic E-state index is -0.666. The number of aryl methyl sites for hydroxylation is 2. The fourth-order valence-corrected chi connectivity index (χ4v) is 3.72. The van der Waals surface area contributed by atoms with Crippen LogP contribution in [-0.4, -0.2) is 22.6 Å². The molecule has 0 saturated carbocycles. The average molecular weight is 461 g/mol. The highest BCUT2D eigenvalue weighted by atomic mass is 16.6. The molecule has 3 rings (SSSR count). The van der Waals surface area contributed by atoms with Crippen LogP contribution in [0.1, 0.15) is 55.5 Å². The van der Waals surface area contributed by atoms with Crippen LogP contribution in [0.3, 0.4) is 0 Å². The summed E-state index contributed by atoms with van der Waals surface area (Å²) in [5, 5.41) is 2.82. The molecule has 0 unspecified atom stereocenters. The lowest BCUT2D eigenvalue weighted by molar-refractivity contribution is -0.145. The first-order valence-electron chi connectivity index (χ1n) is 11.3. The molecular formula is C28H32N2O4. The number of nitrogens with one attached hydrogen (secondary N) is 1. The molecule has 1 heterocycles. The Morgan fingerprint density at radius 3 is 2.29 bits per heavy atom. The Hall–Kier alpha value is -3.67. The maximum Gasteiger partial charge on any atom is 0.408 e. The van der Waals surface area contributed by atoms with Gasteiger partial charge in [-0.05, 0) is 68.5 Å². The van der Waals surface area contributed by atoms with Crippen molar-refractivity contribution >= 4 is 12.1 Å². The third-order valence-corrected chi connectivity index (χ3v) is 5.24. The van der Waals surface area contributed by atoms with Gasteiger partial charge in [-0.2, -0.15) is 0 Å². The van der Waals surface area contributed by atoms with E-state index in [1.807, 2.05) is 68.4 Å². The first-order valence-corrected chi connectivity index (χ1v) is 11.3. The van der Waals surface area contributed by atoms with E-state index in [-0.39, 0.29) is 13.0 Å². The lowest BCUT2D eigenvalue weighted by Crippen LogP contribution is -2.36. The second-order valence-electron chi connectivity index (χ2n) is 9.32. The van der Waals surface area contributed by atoms with Crippen LogP contribution >= 0.6 is 0 Å². The molecule has 0 aliphatic carbocycles. The van der Waals surface area contributed by atoms with Gasteiger partial charge in [-0.25, -0.2) is 4.79 Å². The standard InChI is InChI=1S/C28H32N2O4/c1-19-10-9-11-20(2)26(19)23-14-22(16-29-17-23)24(30-27(32)34-28(3,4)5)15-25(31)33-18-21-12-7-6-8-13-21/h6-14,16-17,24H,15,18H2,1-5H3,(H,30,32)/t24-/m1/s1. The van der Waals surface area contributed by atoms with Gasteiger partial charge in [-0.1, -0.05) is 48.5 Å². The second kappa shape index (κ2) is 11.0. The maximum atomic E-state index is 12.7. The Bertz CT molecular complexity index is 1120. The van der Waals surface area contributed by atoms with Gasteiger partial charge in [0, 0.05) is 18.0 Å². The topological polar surface area (TPSA) is 77.5 Å². The molecule has 0 radical (unpaired) electrons. The fourth-order valence-electron chi connectivity index (χ4n) is 3.72. The lowest BCUT2D eigenvalue weighted by atomic mass is 9.94. The molecule has 0 spiro atoms. The summed E-state index contributed by atoms with van der Waals surface area (Å²) >= 11 is 0. The van der Waals surface area contributed by atoms with Gasteiger partial charge in [0.2, 0.25) is 0 Å². The number of carbonyl (C=O) groups excluding carboxylic acids is 2. The summed E-state index contributed by atoms with van der Waals surface area (Å²) in [6, 6.07) is 16.9. The van der Waals surface area contributed by atoms with Crippen molar-refractivity contribution in [1.82, 2.24) is 10.3 Å². The quantitative estimate of drug-likeness (QED) is 0.433. The Morgan fingerprint density at radius 2 is 1.65 bits per heavy atom. The number of esters is 1. The molecule has 34 heavy (non-hydrogen) atoms. The Balaban J connectivity index is 1.84. The number of pyridine rings is 1. The summed E-state index contributed by atoms with van der Waals surface area (Å²) in [5.74, 6) is -0.428. The van der Waals surface area contributed by atoms with Gasteiger partial charge < -0.3 is 14.8 Å². The van der Waals surface area contributed by atoms with E-state index in [9.17, 15) is 9.59 Å². The van der Waals surface area contributed by atoms with E-state index in [1.54, 1.807) is 33.2 Å². The summed E-state index contributed by atoms with van der Waals surface area (Å²) in [5.41, 5.74) is 5.17. The van der Waals surface area contributed by atoms with E-state index in [4.69, 9.17) is 9.47 Å². The number of carbonyl (C=O) groups is 2. The summed E-state index contributed by atoms with van der Waals surface area (Å²) in [6.45, 7) is 9.63. The molecule has 178 valence electrons. The molecule has 1 aromatic heterocycles. The lowest BCUT2D eigenvalue weighted by Gasteiger charge is -2.24. The zero-order chi connectivity index (χ0) is 24.7. The maximum absolute atomic E-state index is 12.7. The molecule has 3 aromatic rings.